The molecule has 2 aromatic heterocycles. The molecule has 0 atom stereocenters. The van der Waals surface area contributed by atoms with E-state index in [2.05, 4.69) is 5.32 Å². The zero-order chi connectivity index (χ0) is 19.9. The molecule has 0 aliphatic heterocycles. The predicted molar refractivity (Wildman–Crippen MR) is 115 cm³/mol. The first-order valence-corrected chi connectivity index (χ1v) is 9.91. The highest BCUT2D eigenvalue weighted by Crippen LogP contribution is 2.23. The summed E-state index contributed by atoms with van der Waals surface area (Å²) in [6.07, 6.45) is 3.63. The van der Waals surface area contributed by atoms with Crippen LogP contribution in [0.3, 0.4) is 0 Å². The average molecular weight is 412 g/mol. The van der Waals surface area contributed by atoms with Crippen LogP contribution in [0.5, 0.6) is 0 Å². The number of carbonyl (C=O) groups excluding carboxylic acids is 1. The lowest BCUT2D eigenvalue weighted by Gasteiger charge is -2.10. The largest absolute Gasteiger partial charge is 0.501 e. The minimum absolute atomic E-state index is 0.0897. The highest BCUT2D eigenvalue weighted by atomic mass is 32.1. The van der Waals surface area contributed by atoms with E-state index in [0.29, 0.717) is 33.4 Å². The Morgan fingerprint density at radius 1 is 1.14 bits per heavy atom. The van der Waals surface area contributed by atoms with Gasteiger partial charge in [0.2, 0.25) is 5.76 Å². The van der Waals surface area contributed by atoms with Gasteiger partial charge in [-0.3, -0.25) is 0 Å². The second kappa shape index (κ2) is 9.25. The number of pyridine rings is 1. The van der Waals surface area contributed by atoms with Crippen molar-refractivity contribution in [3.8, 4) is 0 Å². The van der Waals surface area contributed by atoms with Crippen LogP contribution >= 0.6 is 23.6 Å². The van der Waals surface area contributed by atoms with Gasteiger partial charge in [0.1, 0.15) is 0 Å². The zero-order valence-corrected chi connectivity index (χ0v) is 16.8. The first-order valence-electron chi connectivity index (χ1n) is 8.62. The number of esters is 1. The second-order valence-corrected chi connectivity index (χ2v) is 7.07. The molecule has 0 fully saturated rings. The summed E-state index contributed by atoms with van der Waals surface area (Å²) in [6.45, 7) is 2.09. The SMILES string of the molecule is CCOC(=O)c1ccc(NC(=S)/C(=C(\O)c2cccs2)[n+]2ccccc2)cc1. The fourth-order valence-corrected chi connectivity index (χ4v) is 3.51. The van der Waals surface area contributed by atoms with Gasteiger partial charge in [0.25, 0.3) is 5.70 Å². The van der Waals surface area contributed by atoms with Gasteiger partial charge in [0.05, 0.1) is 17.0 Å². The molecule has 0 bridgehead atoms. The van der Waals surface area contributed by atoms with Crippen LogP contribution in [0.25, 0.3) is 11.5 Å². The molecular formula is C21H19N2O3S2+. The van der Waals surface area contributed by atoms with Gasteiger partial charge in [-0.25, -0.2) is 4.79 Å². The first-order chi connectivity index (χ1) is 13.6. The van der Waals surface area contributed by atoms with E-state index in [1.807, 2.05) is 48.1 Å². The molecular weight excluding hydrogens is 392 g/mol. The number of rotatable bonds is 6. The van der Waals surface area contributed by atoms with E-state index in [1.54, 1.807) is 35.8 Å². The Bertz CT molecular complexity index is 982. The summed E-state index contributed by atoms with van der Waals surface area (Å²) in [5.41, 5.74) is 1.63. The van der Waals surface area contributed by atoms with Crippen LogP contribution < -0.4 is 9.88 Å². The van der Waals surface area contributed by atoms with Crippen molar-refractivity contribution in [1.29, 1.82) is 0 Å². The van der Waals surface area contributed by atoms with E-state index in [9.17, 15) is 9.90 Å². The van der Waals surface area contributed by atoms with E-state index in [1.165, 1.54) is 11.3 Å². The van der Waals surface area contributed by atoms with Crippen molar-refractivity contribution < 1.29 is 19.2 Å². The highest BCUT2D eigenvalue weighted by Gasteiger charge is 2.24. The quantitative estimate of drug-likeness (QED) is 0.205. The number of aromatic nitrogens is 1. The summed E-state index contributed by atoms with van der Waals surface area (Å²) in [4.78, 5) is 12.8. The lowest BCUT2D eigenvalue weighted by Crippen LogP contribution is -2.38. The van der Waals surface area contributed by atoms with Crippen LogP contribution in [0.15, 0.2) is 72.4 Å². The molecule has 0 aliphatic rings. The molecule has 0 radical (unpaired) electrons. The van der Waals surface area contributed by atoms with E-state index >= 15 is 0 Å². The van der Waals surface area contributed by atoms with Crippen LogP contribution in [0.1, 0.15) is 22.2 Å². The minimum atomic E-state index is -0.368. The Hall–Kier alpha value is -3.03. The lowest BCUT2D eigenvalue weighted by atomic mass is 10.2. The van der Waals surface area contributed by atoms with Crippen molar-refractivity contribution in [3.63, 3.8) is 0 Å². The highest BCUT2D eigenvalue weighted by molar-refractivity contribution is 7.81. The number of aliphatic hydroxyl groups is 1. The third-order valence-corrected chi connectivity index (χ3v) is 4.99. The third-order valence-electron chi connectivity index (χ3n) is 3.82. The number of ether oxygens (including phenoxy) is 1. The summed E-state index contributed by atoms with van der Waals surface area (Å²) in [5, 5.41) is 15.8. The van der Waals surface area contributed by atoms with Crippen molar-refractivity contribution in [1.82, 2.24) is 0 Å². The summed E-state index contributed by atoms with van der Waals surface area (Å²) in [6, 6.07) is 16.1. The smallest absolute Gasteiger partial charge is 0.338 e. The van der Waals surface area contributed by atoms with E-state index < -0.39 is 0 Å². The van der Waals surface area contributed by atoms with Crippen LogP contribution in [0.4, 0.5) is 5.69 Å². The van der Waals surface area contributed by atoms with Crippen LogP contribution in [0.2, 0.25) is 0 Å². The number of nitrogens with one attached hydrogen (secondary N) is 1. The first kappa shape index (κ1) is 19.7. The molecule has 3 rings (SSSR count). The monoisotopic (exact) mass is 411 g/mol. The molecule has 0 amide bonds. The number of benzene rings is 1. The Kier molecular flexibility index (Phi) is 6.52. The molecule has 0 saturated heterocycles. The summed E-state index contributed by atoms with van der Waals surface area (Å²) < 4.78 is 6.75. The molecule has 28 heavy (non-hydrogen) atoms. The topological polar surface area (TPSA) is 62.4 Å². The van der Waals surface area contributed by atoms with Gasteiger partial charge in [-0.15, -0.1) is 11.3 Å². The van der Waals surface area contributed by atoms with E-state index in [-0.39, 0.29) is 11.7 Å². The maximum atomic E-state index is 11.8. The van der Waals surface area contributed by atoms with Crippen LogP contribution in [-0.4, -0.2) is 22.7 Å². The van der Waals surface area contributed by atoms with Gasteiger partial charge in [-0.1, -0.05) is 24.4 Å². The zero-order valence-electron chi connectivity index (χ0n) is 15.2. The molecule has 0 aliphatic carbocycles. The fourth-order valence-electron chi connectivity index (χ4n) is 2.52. The molecule has 2 N–H and O–H groups in total. The van der Waals surface area contributed by atoms with Crippen molar-refractivity contribution >= 4 is 51.7 Å². The van der Waals surface area contributed by atoms with E-state index in [4.69, 9.17) is 17.0 Å². The van der Waals surface area contributed by atoms with Crippen molar-refractivity contribution in [2.24, 2.45) is 0 Å². The predicted octanol–water partition coefficient (Wildman–Crippen LogP) is 4.54. The number of carbonyl (C=O) groups is 1. The molecule has 0 saturated carbocycles. The van der Waals surface area contributed by atoms with Crippen LogP contribution in [-0.2, 0) is 4.74 Å². The van der Waals surface area contributed by atoms with Crippen LogP contribution in [0, 0.1) is 0 Å². The van der Waals surface area contributed by atoms with Crippen molar-refractivity contribution in [3.05, 3.63) is 82.8 Å². The number of hydrogen-bond acceptors (Lipinski definition) is 5. The van der Waals surface area contributed by atoms with Gasteiger partial charge >= 0.3 is 5.97 Å². The van der Waals surface area contributed by atoms with Crippen molar-refractivity contribution in [2.75, 3.05) is 11.9 Å². The molecule has 7 heteroatoms. The molecule has 142 valence electrons. The normalized spacial score (nSPS) is 11.5. The van der Waals surface area contributed by atoms with E-state index in [0.717, 1.165) is 0 Å². The maximum absolute atomic E-state index is 11.8. The Morgan fingerprint density at radius 3 is 2.46 bits per heavy atom. The molecule has 0 unspecified atom stereocenters. The number of thiophene rings is 1. The standard InChI is InChI=1S/C21H18N2O3S2/c1-2-26-21(25)15-8-10-16(11-9-15)22-20(27)18(23-12-4-3-5-13-23)19(24)17-7-6-14-28-17/h3-14H,2H2,1H3,(H-,22,24,25,27)/p+1. The Morgan fingerprint density at radius 2 is 1.86 bits per heavy atom. The number of hydrogen-bond donors (Lipinski definition) is 2. The van der Waals surface area contributed by atoms with Gasteiger partial charge < -0.3 is 15.2 Å². The Balaban J connectivity index is 1.89. The molecule has 3 aromatic rings. The van der Waals surface area contributed by atoms with Gasteiger partial charge in [0.15, 0.2) is 17.4 Å². The lowest BCUT2D eigenvalue weighted by molar-refractivity contribution is -0.575. The van der Waals surface area contributed by atoms with Gasteiger partial charge in [-0.05, 0) is 42.6 Å². The number of nitrogens with zero attached hydrogens (tertiary/aromatic N) is 1. The molecule has 0 spiro atoms. The number of aliphatic hydroxyl groups excluding tert-OH is 1. The number of anilines is 1. The van der Waals surface area contributed by atoms with Gasteiger partial charge in [0, 0.05) is 17.8 Å². The van der Waals surface area contributed by atoms with Crippen molar-refractivity contribution in [2.45, 2.75) is 6.92 Å². The Labute approximate surface area is 172 Å². The summed E-state index contributed by atoms with van der Waals surface area (Å²) in [7, 11) is 0. The molecule has 2 heterocycles. The molecule has 1 aromatic carbocycles. The number of thiocarbonyl (C=S) groups is 1. The fraction of sp³-hybridized carbons (Fsp3) is 0.0952. The second-order valence-electron chi connectivity index (χ2n) is 5.71. The van der Waals surface area contributed by atoms with Gasteiger partial charge in [-0.2, -0.15) is 4.57 Å². The third kappa shape index (κ3) is 4.62. The summed E-state index contributed by atoms with van der Waals surface area (Å²) in [5.74, 6) is -0.278. The maximum Gasteiger partial charge on any atom is 0.338 e. The average Bonchev–Trinajstić information content (AvgIpc) is 3.24. The molecule has 5 nitrogen and oxygen atoms in total. The minimum Gasteiger partial charge on any atom is -0.501 e. The summed E-state index contributed by atoms with van der Waals surface area (Å²) >= 11 is 7.01.